The second-order valence-electron chi connectivity index (χ2n) is 2.49. The maximum atomic E-state index is 11.6. The quantitative estimate of drug-likeness (QED) is 0.462. The first-order chi connectivity index (χ1) is 5.06. The van der Waals surface area contributed by atoms with Crippen LogP contribution in [0.1, 0.15) is 26.2 Å². The zero-order valence-electron chi connectivity index (χ0n) is 7.66. The zero-order valence-corrected chi connectivity index (χ0v) is 11.6. The molecule has 0 N–H and O–H groups in total. The van der Waals surface area contributed by atoms with Crippen molar-refractivity contribution in [2.75, 3.05) is 11.4 Å². The van der Waals surface area contributed by atoms with Crippen LogP contribution >= 0.6 is 11.8 Å². The van der Waals surface area contributed by atoms with E-state index in [4.69, 9.17) is 0 Å². The van der Waals surface area contributed by atoms with Crippen molar-refractivity contribution in [3.05, 3.63) is 0 Å². The van der Waals surface area contributed by atoms with Gasteiger partial charge in [0.1, 0.15) is 0 Å². The van der Waals surface area contributed by atoms with Gasteiger partial charge >= 0.3 is 58.4 Å². The molecule has 0 saturated heterocycles. The average Bonchev–Trinajstić information content (AvgIpc) is 1.85. The van der Waals surface area contributed by atoms with Gasteiger partial charge in [0.15, 0.2) is 0 Å². The van der Waals surface area contributed by atoms with Crippen LogP contribution in [0.25, 0.3) is 0 Å². The molecule has 0 heterocycles. The molecule has 0 nitrogen and oxygen atoms in total. The van der Waals surface area contributed by atoms with E-state index < -0.39 is 12.6 Å². The minimum Gasteiger partial charge on any atom is -0.448 e. The molecule has 0 aliphatic heterocycles. The van der Waals surface area contributed by atoms with Crippen molar-refractivity contribution in [2.45, 2.75) is 26.2 Å². The van der Waals surface area contributed by atoms with Crippen molar-refractivity contribution in [3.63, 3.8) is 0 Å². The van der Waals surface area contributed by atoms with E-state index in [0.29, 0.717) is 5.75 Å². The third kappa shape index (κ3) is 14.4. The molecule has 0 aromatic heterocycles. The van der Waals surface area contributed by atoms with Crippen LogP contribution in [0.3, 0.4) is 0 Å². The molecule has 0 spiro atoms. The van der Waals surface area contributed by atoms with E-state index in [-0.39, 0.29) is 51.4 Å². The van der Waals surface area contributed by atoms with Crippen molar-refractivity contribution in [3.8, 4) is 0 Å². The molecule has 0 aromatic carbocycles. The number of rotatable bonds is 6. The van der Waals surface area contributed by atoms with Crippen LogP contribution in [0.5, 0.6) is 0 Å². The minimum atomic E-state index is -4.56. The summed E-state index contributed by atoms with van der Waals surface area (Å²) >= 11 is 1.00. The van der Waals surface area contributed by atoms with Gasteiger partial charge in [-0.2, -0.15) is 11.8 Å². The molecule has 0 fully saturated rings. The van der Waals surface area contributed by atoms with Crippen LogP contribution in [0.4, 0.5) is 12.9 Å². The molecule has 0 amide bonds. The summed E-state index contributed by atoms with van der Waals surface area (Å²) in [6.45, 7) is -2.52. The van der Waals surface area contributed by atoms with E-state index in [1.165, 1.54) is 0 Å². The smallest absolute Gasteiger partial charge is 0.448 e. The summed E-state index contributed by atoms with van der Waals surface area (Å²) < 4.78 is 34.8. The molecule has 0 aliphatic carbocycles. The van der Waals surface area contributed by atoms with Gasteiger partial charge in [0, 0.05) is 0 Å². The topological polar surface area (TPSA) is 0 Å². The van der Waals surface area contributed by atoms with Crippen molar-refractivity contribution >= 4 is 18.7 Å². The summed E-state index contributed by atoms with van der Waals surface area (Å²) in [7, 11) is 0. The second-order valence-corrected chi connectivity index (χ2v) is 3.64. The first-order valence-corrected chi connectivity index (χ1v) is 5.00. The van der Waals surface area contributed by atoms with E-state index in [1.807, 2.05) is 6.92 Å². The maximum Gasteiger partial charge on any atom is 1.00 e. The first-order valence-electron chi connectivity index (χ1n) is 3.85. The monoisotopic (exact) mass is 224 g/mol. The maximum absolute atomic E-state index is 11.6. The van der Waals surface area contributed by atoms with Crippen molar-refractivity contribution in [1.29, 1.82) is 0 Å². The molecule has 0 saturated carbocycles. The van der Waals surface area contributed by atoms with Gasteiger partial charge in [-0.1, -0.05) is 19.8 Å². The largest absolute Gasteiger partial charge is 1.00 e. The Hall–Kier alpha value is 1.84. The van der Waals surface area contributed by atoms with Crippen molar-refractivity contribution in [1.82, 2.24) is 0 Å². The Labute approximate surface area is 119 Å². The number of hydrogen-bond donors (Lipinski definition) is 0. The molecule has 0 aliphatic rings. The van der Waals surface area contributed by atoms with E-state index in [2.05, 4.69) is 0 Å². The van der Waals surface area contributed by atoms with Gasteiger partial charge in [-0.3, -0.25) is 0 Å². The summed E-state index contributed by atoms with van der Waals surface area (Å²) in [6.07, 6.45) is 3.02. The fourth-order valence-corrected chi connectivity index (χ4v) is 1.51. The molecule has 0 unspecified atom stereocenters. The summed E-state index contributed by atoms with van der Waals surface area (Å²) in [5.74, 6) is 0.648. The van der Waals surface area contributed by atoms with E-state index in [1.54, 1.807) is 0 Å². The molecule has 6 heteroatoms. The minimum absolute atomic E-state index is 0. The predicted octanol–water partition coefficient (Wildman–Crippen LogP) is 0.300. The summed E-state index contributed by atoms with van der Waals surface area (Å²) in [6, 6.07) is 0. The molecule has 0 radical (unpaired) electrons. The summed E-state index contributed by atoms with van der Waals surface area (Å²) in [4.78, 5) is 0. The number of hydrogen-bond acceptors (Lipinski definition) is 1. The van der Waals surface area contributed by atoms with E-state index in [0.717, 1.165) is 31.0 Å². The third-order valence-corrected chi connectivity index (χ3v) is 2.39. The van der Waals surface area contributed by atoms with Gasteiger partial charge in [0.05, 0.1) is 0 Å². The van der Waals surface area contributed by atoms with Crippen LogP contribution in [0.2, 0.25) is 0 Å². The number of halogens is 3. The van der Waals surface area contributed by atoms with Crippen LogP contribution < -0.4 is 51.4 Å². The standard InChI is InChI=1S/C6H13BF3S.K/c1-2-3-4-5-11-6-7(8,9)10;/h2-6H2,1H3;/q-1;+1. The third-order valence-electron chi connectivity index (χ3n) is 1.20. The Kier molecular flexibility index (Phi) is 12.7. The molecule has 0 rings (SSSR count). The molecule has 0 bridgehead atoms. The van der Waals surface area contributed by atoms with Gasteiger partial charge < -0.3 is 12.9 Å². The van der Waals surface area contributed by atoms with E-state index >= 15 is 0 Å². The molecular formula is C6H13BF3KS. The number of unbranched alkanes of at least 4 members (excludes halogenated alkanes) is 2. The molecular weight excluding hydrogens is 211 g/mol. The molecule has 12 heavy (non-hydrogen) atoms. The fraction of sp³-hybridized carbons (Fsp3) is 1.00. The Morgan fingerprint density at radius 1 is 1.17 bits per heavy atom. The Morgan fingerprint density at radius 3 is 2.17 bits per heavy atom. The molecule has 0 aromatic rings. The van der Waals surface area contributed by atoms with Crippen molar-refractivity contribution in [2.24, 2.45) is 0 Å². The van der Waals surface area contributed by atoms with Crippen LogP contribution in [-0.2, 0) is 0 Å². The van der Waals surface area contributed by atoms with E-state index in [9.17, 15) is 12.9 Å². The first kappa shape index (κ1) is 16.3. The molecule has 0 atom stereocenters. The van der Waals surface area contributed by atoms with Gasteiger partial charge in [-0.25, -0.2) is 0 Å². The summed E-state index contributed by atoms with van der Waals surface area (Å²) in [5.41, 5.74) is -0.635. The predicted molar refractivity (Wildman–Crippen MR) is 45.9 cm³/mol. The summed E-state index contributed by atoms with van der Waals surface area (Å²) in [5, 5.41) is 0. The SMILES string of the molecule is CCCCCSC[B-](F)(F)F.[K+]. The van der Waals surface area contributed by atoms with Gasteiger partial charge in [0.2, 0.25) is 0 Å². The average molecular weight is 224 g/mol. The van der Waals surface area contributed by atoms with Gasteiger partial charge in [-0.15, -0.1) is 0 Å². The fourth-order valence-electron chi connectivity index (χ4n) is 0.671. The second kappa shape index (κ2) is 9.40. The van der Waals surface area contributed by atoms with Crippen LogP contribution in [-0.4, -0.2) is 18.4 Å². The van der Waals surface area contributed by atoms with Gasteiger partial charge in [0.25, 0.3) is 0 Å². The van der Waals surface area contributed by atoms with Crippen LogP contribution in [0, 0.1) is 0 Å². The molecule has 68 valence electrons. The Morgan fingerprint density at radius 2 is 1.75 bits per heavy atom. The van der Waals surface area contributed by atoms with Crippen molar-refractivity contribution < 1.29 is 64.3 Å². The normalized spacial score (nSPS) is 11.0. The zero-order chi connectivity index (χ0) is 8.74. The van der Waals surface area contributed by atoms with Gasteiger partial charge in [-0.05, 0) is 17.8 Å². The Balaban J connectivity index is 0. The number of thioether (sulfide) groups is 1. The Bertz CT molecular complexity index is 99.3. The van der Waals surface area contributed by atoms with Crippen LogP contribution in [0.15, 0.2) is 0 Å².